The second-order valence-electron chi connectivity index (χ2n) is 7.70. The van der Waals surface area contributed by atoms with Crippen molar-refractivity contribution in [1.82, 2.24) is 20.2 Å². The van der Waals surface area contributed by atoms with Crippen LogP contribution in [0.25, 0.3) is 0 Å². The summed E-state index contributed by atoms with van der Waals surface area (Å²) in [7, 11) is -3.55. The molecule has 1 saturated heterocycles. The van der Waals surface area contributed by atoms with Crippen molar-refractivity contribution in [2.75, 3.05) is 25.9 Å². The number of nitrogens with one attached hydrogen (secondary N) is 1. The van der Waals surface area contributed by atoms with E-state index in [-0.39, 0.29) is 22.8 Å². The van der Waals surface area contributed by atoms with E-state index in [1.54, 1.807) is 6.92 Å². The average Bonchev–Trinajstić information content (AvgIpc) is 2.55. The molecule has 1 aliphatic rings. The maximum atomic E-state index is 12.6. The highest BCUT2D eigenvalue weighted by molar-refractivity contribution is 7.90. The van der Waals surface area contributed by atoms with E-state index in [1.807, 2.05) is 0 Å². The third-order valence-electron chi connectivity index (χ3n) is 5.02. The molecule has 0 bridgehead atoms. The monoisotopic (exact) mass is 382 g/mol. The molecule has 1 amide bonds. The number of sulfone groups is 1. The van der Waals surface area contributed by atoms with Gasteiger partial charge in [-0.2, -0.15) is 0 Å². The molecule has 0 saturated carbocycles. The summed E-state index contributed by atoms with van der Waals surface area (Å²) in [6, 6.07) is 0.253. The molecule has 1 unspecified atom stereocenters. The summed E-state index contributed by atoms with van der Waals surface area (Å²) >= 11 is 0. The van der Waals surface area contributed by atoms with E-state index in [4.69, 9.17) is 0 Å². The molecule has 146 valence electrons. The molecule has 8 heteroatoms. The second-order valence-corrected chi connectivity index (χ2v) is 9.61. The van der Waals surface area contributed by atoms with Gasteiger partial charge in [0.1, 0.15) is 5.69 Å². The summed E-state index contributed by atoms with van der Waals surface area (Å²) in [5, 5.41) is 2.62. The number of rotatable bonds is 6. The number of amides is 1. The summed E-state index contributed by atoms with van der Waals surface area (Å²) in [6.07, 6.45) is 4.77. The number of carbonyl (C=O) groups excluding carboxylic acids is 1. The minimum atomic E-state index is -3.55. The van der Waals surface area contributed by atoms with Gasteiger partial charge in [-0.15, -0.1) is 0 Å². The molecular formula is C18H30N4O3S. The molecule has 1 aromatic rings. The van der Waals surface area contributed by atoms with E-state index in [1.165, 1.54) is 19.0 Å². The van der Waals surface area contributed by atoms with Gasteiger partial charge in [0.2, 0.25) is 15.0 Å². The Bertz CT molecular complexity index is 741. The van der Waals surface area contributed by atoms with Crippen molar-refractivity contribution < 1.29 is 13.2 Å². The Morgan fingerprint density at radius 3 is 2.50 bits per heavy atom. The summed E-state index contributed by atoms with van der Waals surface area (Å²) < 4.78 is 23.3. The van der Waals surface area contributed by atoms with Gasteiger partial charge in [0, 0.05) is 25.0 Å². The van der Waals surface area contributed by atoms with Gasteiger partial charge in [0.25, 0.3) is 5.91 Å². The van der Waals surface area contributed by atoms with E-state index < -0.39 is 9.84 Å². The molecule has 0 aromatic carbocycles. The predicted molar refractivity (Wildman–Crippen MR) is 101 cm³/mol. The number of carbonyl (C=O) groups is 1. The van der Waals surface area contributed by atoms with Crippen LogP contribution in [0.15, 0.2) is 11.4 Å². The lowest BCUT2D eigenvalue weighted by Gasteiger charge is -2.38. The first-order valence-electron chi connectivity index (χ1n) is 9.15. The van der Waals surface area contributed by atoms with Crippen LogP contribution in [0.4, 0.5) is 0 Å². The van der Waals surface area contributed by atoms with E-state index in [0.717, 1.165) is 25.3 Å². The number of nitrogens with zero attached hydrogens (tertiary/aromatic N) is 3. The zero-order chi connectivity index (χ0) is 19.5. The first kappa shape index (κ1) is 20.8. The highest BCUT2D eigenvalue weighted by Gasteiger charge is 2.26. The maximum absolute atomic E-state index is 12.6. The van der Waals surface area contributed by atoms with Crippen molar-refractivity contribution >= 4 is 15.7 Å². The van der Waals surface area contributed by atoms with Crippen molar-refractivity contribution in [3.63, 3.8) is 0 Å². The number of aromatic nitrogens is 2. The van der Waals surface area contributed by atoms with Crippen LogP contribution < -0.4 is 5.32 Å². The molecule has 26 heavy (non-hydrogen) atoms. The predicted octanol–water partition coefficient (Wildman–Crippen LogP) is 1.67. The Hall–Kier alpha value is -1.54. The van der Waals surface area contributed by atoms with E-state index >= 15 is 0 Å². The van der Waals surface area contributed by atoms with Gasteiger partial charge in [-0.25, -0.2) is 18.4 Å². The molecule has 1 atom stereocenters. The van der Waals surface area contributed by atoms with Crippen LogP contribution in [-0.4, -0.2) is 61.1 Å². The van der Waals surface area contributed by atoms with Crippen LogP contribution in [0.1, 0.15) is 49.7 Å². The van der Waals surface area contributed by atoms with Gasteiger partial charge in [-0.05, 0) is 50.3 Å². The van der Waals surface area contributed by atoms with Crippen molar-refractivity contribution in [2.24, 2.45) is 11.8 Å². The molecule has 1 aliphatic heterocycles. The normalized spacial score (nSPS) is 18.1. The molecule has 1 aromatic heterocycles. The van der Waals surface area contributed by atoms with Crippen molar-refractivity contribution in [2.45, 2.75) is 51.7 Å². The molecule has 1 fully saturated rings. The van der Waals surface area contributed by atoms with Gasteiger partial charge in [-0.1, -0.05) is 20.8 Å². The highest BCUT2D eigenvalue weighted by atomic mass is 32.2. The molecule has 0 radical (unpaired) electrons. The summed E-state index contributed by atoms with van der Waals surface area (Å²) in [5.41, 5.74) is 0.679. The largest absolute Gasteiger partial charge is 0.349 e. The molecular weight excluding hydrogens is 352 g/mol. The fraction of sp³-hybridized carbons (Fsp3) is 0.722. The van der Waals surface area contributed by atoms with Gasteiger partial charge < -0.3 is 5.32 Å². The number of aryl methyl sites for hydroxylation is 1. The molecule has 2 heterocycles. The Labute approximate surface area is 156 Å². The van der Waals surface area contributed by atoms with Gasteiger partial charge >= 0.3 is 0 Å². The summed E-state index contributed by atoms with van der Waals surface area (Å²) in [4.78, 5) is 22.8. The van der Waals surface area contributed by atoms with Crippen LogP contribution >= 0.6 is 0 Å². The van der Waals surface area contributed by atoms with Crippen molar-refractivity contribution in [3.05, 3.63) is 17.5 Å². The number of likely N-dealkylation sites (tertiary alicyclic amines) is 1. The number of hydrogen-bond acceptors (Lipinski definition) is 6. The first-order chi connectivity index (χ1) is 12.1. The van der Waals surface area contributed by atoms with Crippen molar-refractivity contribution in [3.8, 4) is 0 Å². The lowest BCUT2D eigenvalue weighted by molar-refractivity contribution is 0.0857. The first-order valence-corrected chi connectivity index (χ1v) is 11.0. The smallest absolute Gasteiger partial charge is 0.270 e. The van der Waals surface area contributed by atoms with Crippen LogP contribution in [0.5, 0.6) is 0 Å². The topological polar surface area (TPSA) is 92.3 Å². The molecule has 7 nitrogen and oxygen atoms in total. The third-order valence-corrected chi connectivity index (χ3v) is 5.88. The Morgan fingerprint density at radius 1 is 1.35 bits per heavy atom. The van der Waals surface area contributed by atoms with Crippen LogP contribution in [-0.2, 0) is 9.84 Å². The lowest BCUT2D eigenvalue weighted by Crippen LogP contribution is -2.49. The van der Waals surface area contributed by atoms with E-state index in [2.05, 4.69) is 41.0 Å². The third kappa shape index (κ3) is 5.23. The Balaban J connectivity index is 2.09. The van der Waals surface area contributed by atoms with Crippen LogP contribution in [0.2, 0.25) is 0 Å². The highest BCUT2D eigenvalue weighted by Crippen LogP contribution is 2.21. The lowest BCUT2D eigenvalue weighted by atomic mass is 9.94. The fourth-order valence-corrected chi connectivity index (χ4v) is 3.76. The van der Waals surface area contributed by atoms with Crippen molar-refractivity contribution in [1.29, 1.82) is 0 Å². The average molecular weight is 383 g/mol. The molecule has 0 spiro atoms. The Morgan fingerprint density at radius 2 is 1.96 bits per heavy atom. The number of hydrogen-bond donors (Lipinski definition) is 1. The standard InChI is InChI=1S/C18H30N4O3S/c1-12(2)15(22-8-6-13(3)7-9-22)11-19-17(23)16-14(4)10-20-18(21-16)26(5,24)25/h10,12-13,15H,6-9,11H2,1-5H3,(H,19,23). The molecule has 0 aliphatic carbocycles. The quantitative estimate of drug-likeness (QED) is 0.753. The minimum Gasteiger partial charge on any atom is -0.349 e. The Kier molecular flexibility index (Phi) is 6.74. The van der Waals surface area contributed by atoms with Crippen LogP contribution in [0, 0.1) is 18.8 Å². The number of piperidine rings is 1. The van der Waals surface area contributed by atoms with Gasteiger partial charge in [-0.3, -0.25) is 9.69 Å². The fourth-order valence-electron chi connectivity index (χ4n) is 3.26. The minimum absolute atomic E-state index is 0.121. The summed E-state index contributed by atoms with van der Waals surface area (Å²) in [6.45, 7) is 10.9. The summed E-state index contributed by atoms with van der Waals surface area (Å²) in [5.74, 6) is 0.805. The molecule has 2 rings (SSSR count). The van der Waals surface area contributed by atoms with Gasteiger partial charge in [0.15, 0.2) is 0 Å². The maximum Gasteiger partial charge on any atom is 0.270 e. The van der Waals surface area contributed by atoms with E-state index in [0.29, 0.717) is 18.0 Å². The second kappa shape index (κ2) is 8.43. The zero-order valence-corrected chi connectivity index (χ0v) is 17.1. The zero-order valence-electron chi connectivity index (χ0n) is 16.3. The van der Waals surface area contributed by atoms with Crippen LogP contribution in [0.3, 0.4) is 0 Å². The van der Waals surface area contributed by atoms with E-state index in [9.17, 15) is 13.2 Å². The SMILES string of the molecule is Cc1cnc(S(C)(=O)=O)nc1C(=O)NCC(C(C)C)N1CCC(C)CC1. The van der Waals surface area contributed by atoms with Gasteiger partial charge in [0.05, 0.1) is 0 Å². The molecule has 1 N–H and O–H groups in total.